The molecular weight excluding hydrogens is 208 g/mol. The van der Waals surface area contributed by atoms with Gasteiger partial charge in [0.05, 0.1) is 0 Å². The first-order valence-corrected chi connectivity index (χ1v) is 7.70. The number of hydrogen-bond donors (Lipinski definition) is 1. The highest BCUT2D eigenvalue weighted by atomic mass is 15.2. The van der Waals surface area contributed by atoms with E-state index in [9.17, 15) is 0 Å². The molecule has 2 unspecified atom stereocenters. The summed E-state index contributed by atoms with van der Waals surface area (Å²) in [7, 11) is 0. The van der Waals surface area contributed by atoms with Gasteiger partial charge in [0.2, 0.25) is 0 Å². The maximum Gasteiger partial charge on any atom is 0.0332 e. The van der Waals surface area contributed by atoms with Gasteiger partial charge >= 0.3 is 0 Å². The van der Waals surface area contributed by atoms with Crippen molar-refractivity contribution in [3.63, 3.8) is 0 Å². The number of nitrogens with zero attached hydrogens (tertiary/aromatic N) is 1. The van der Waals surface area contributed by atoms with Gasteiger partial charge in [0, 0.05) is 18.1 Å². The molecule has 2 nitrogen and oxygen atoms in total. The van der Waals surface area contributed by atoms with E-state index in [2.05, 4.69) is 25.7 Å². The van der Waals surface area contributed by atoms with E-state index in [1.54, 1.807) is 0 Å². The Kier molecular flexibility index (Phi) is 6.50. The molecule has 2 N–H and O–H groups in total. The summed E-state index contributed by atoms with van der Waals surface area (Å²) < 4.78 is 0. The molecule has 0 amide bonds. The molecule has 2 atom stereocenters. The number of hydrogen-bond acceptors (Lipinski definition) is 2. The second-order valence-corrected chi connectivity index (χ2v) is 5.64. The van der Waals surface area contributed by atoms with Crippen molar-refractivity contribution in [3.05, 3.63) is 0 Å². The first kappa shape index (κ1) is 15.0. The van der Waals surface area contributed by atoms with E-state index in [0.717, 1.165) is 12.6 Å². The van der Waals surface area contributed by atoms with E-state index in [4.69, 9.17) is 5.73 Å². The van der Waals surface area contributed by atoms with Crippen molar-refractivity contribution in [2.45, 2.75) is 83.7 Å². The molecule has 1 saturated heterocycles. The monoisotopic (exact) mass is 240 g/mol. The van der Waals surface area contributed by atoms with Gasteiger partial charge in [-0.2, -0.15) is 0 Å². The molecular formula is C15H32N2. The average molecular weight is 240 g/mol. The lowest BCUT2D eigenvalue weighted by molar-refractivity contribution is 0.00988. The second-order valence-electron chi connectivity index (χ2n) is 5.64. The van der Waals surface area contributed by atoms with Crippen molar-refractivity contribution in [1.82, 2.24) is 4.90 Å². The van der Waals surface area contributed by atoms with Crippen LogP contribution in [0.2, 0.25) is 0 Å². The average Bonchev–Trinajstić information content (AvgIpc) is 2.41. The fraction of sp³-hybridized carbons (Fsp3) is 1.00. The number of piperidine rings is 1. The van der Waals surface area contributed by atoms with Crippen LogP contribution in [0, 0.1) is 0 Å². The normalized spacial score (nSPS) is 25.8. The molecule has 0 aromatic rings. The number of rotatable bonds is 7. The Morgan fingerprint density at radius 1 is 1.24 bits per heavy atom. The smallest absolute Gasteiger partial charge is 0.0332 e. The summed E-state index contributed by atoms with van der Waals surface area (Å²) in [4.78, 5) is 2.77. The summed E-state index contributed by atoms with van der Waals surface area (Å²) in [6.45, 7) is 9.04. The summed E-state index contributed by atoms with van der Waals surface area (Å²) in [6.07, 6.45) is 10.5. The highest BCUT2D eigenvalue weighted by molar-refractivity contribution is 4.95. The van der Waals surface area contributed by atoms with Crippen molar-refractivity contribution < 1.29 is 0 Å². The zero-order valence-corrected chi connectivity index (χ0v) is 12.2. The molecule has 0 aromatic carbocycles. The Morgan fingerprint density at radius 3 is 2.53 bits per heavy atom. The van der Waals surface area contributed by atoms with Crippen LogP contribution in [0.4, 0.5) is 0 Å². The van der Waals surface area contributed by atoms with Gasteiger partial charge in [-0.1, -0.05) is 40.0 Å². The third-order valence-electron chi connectivity index (χ3n) is 4.74. The van der Waals surface area contributed by atoms with Gasteiger partial charge in [-0.15, -0.1) is 0 Å². The highest BCUT2D eigenvalue weighted by Gasteiger charge is 2.37. The minimum atomic E-state index is 0.289. The predicted octanol–water partition coefficient (Wildman–Crippen LogP) is 3.55. The van der Waals surface area contributed by atoms with Gasteiger partial charge < -0.3 is 5.73 Å². The van der Waals surface area contributed by atoms with Crippen molar-refractivity contribution >= 4 is 0 Å². The molecule has 102 valence electrons. The van der Waals surface area contributed by atoms with Crippen molar-refractivity contribution in [2.75, 3.05) is 13.1 Å². The highest BCUT2D eigenvalue weighted by Crippen LogP contribution is 2.33. The van der Waals surface area contributed by atoms with E-state index >= 15 is 0 Å². The second kappa shape index (κ2) is 7.38. The Bertz CT molecular complexity index is 199. The SMILES string of the molecule is CCCCC(CC)(CN)N1CCCCC1CC. The summed E-state index contributed by atoms with van der Waals surface area (Å²) in [5.41, 5.74) is 6.45. The van der Waals surface area contributed by atoms with E-state index in [1.807, 2.05) is 0 Å². The fourth-order valence-corrected chi connectivity index (χ4v) is 3.44. The molecule has 1 fully saturated rings. The van der Waals surface area contributed by atoms with E-state index in [1.165, 1.54) is 57.9 Å². The Morgan fingerprint density at radius 2 is 2.00 bits per heavy atom. The van der Waals surface area contributed by atoms with Crippen LogP contribution >= 0.6 is 0 Å². The van der Waals surface area contributed by atoms with Gasteiger partial charge in [0.15, 0.2) is 0 Å². The molecule has 0 aliphatic carbocycles. The molecule has 0 spiro atoms. The maximum absolute atomic E-state index is 6.17. The summed E-state index contributed by atoms with van der Waals surface area (Å²) in [5.74, 6) is 0. The Labute approximate surface area is 108 Å². The van der Waals surface area contributed by atoms with Crippen LogP contribution in [-0.2, 0) is 0 Å². The predicted molar refractivity (Wildman–Crippen MR) is 76.2 cm³/mol. The lowest BCUT2D eigenvalue weighted by Gasteiger charge is -2.49. The molecule has 0 aromatic heterocycles. The zero-order chi connectivity index (χ0) is 12.7. The zero-order valence-electron chi connectivity index (χ0n) is 12.2. The van der Waals surface area contributed by atoms with Gasteiger partial charge in [-0.05, 0) is 38.6 Å². The lowest BCUT2D eigenvalue weighted by Crippen LogP contribution is -2.59. The van der Waals surface area contributed by atoms with Crippen molar-refractivity contribution in [3.8, 4) is 0 Å². The van der Waals surface area contributed by atoms with Gasteiger partial charge in [-0.25, -0.2) is 0 Å². The van der Waals surface area contributed by atoms with Crippen molar-refractivity contribution in [1.29, 1.82) is 0 Å². The number of likely N-dealkylation sites (tertiary alicyclic amines) is 1. The van der Waals surface area contributed by atoms with Crippen LogP contribution in [-0.4, -0.2) is 29.6 Å². The quantitative estimate of drug-likeness (QED) is 0.737. The molecule has 2 heteroatoms. The van der Waals surface area contributed by atoms with E-state index < -0.39 is 0 Å². The van der Waals surface area contributed by atoms with Crippen LogP contribution in [0.5, 0.6) is 0 Å². The number of nitrogens with two attached hydrogens (primary N) is 1. The van der Waals surface area contributed by atoms with Crippen LogP contribution in [0.1, 0.15) is 72.1 Å². The van der Waals surface area contributed by atoms with Gasteiger partial charge in [0.1, 0.15) is 0 Å². The topological polar surface area (TPSA) is 29.3 Å². The first-order chi connectivity index (χ1) is 8.24. The Hall–Kier alpha value is -0.0800. The maximum atomic E-state index is 6.17. The third kappa shape index (κ3) is 3.45. The first-order valence-electron chi connectivity index (χ1n) is 7.70. The van der Waals surface area contributed by atoms with Crippen molar-refractivity contribution in [2.24, 2.45) is 5.73 Å². The summed E-state index contributed by atoms with van der Waals surface area (Å²) in [6, 6.07) is 0.782. The van der Waals surface area contributed by atoms with Gasteiger partial charge in [0.25, 0.3) is 0 Å². The largest absolute Gasteiger partial charge is 0.329 e. The van der Waals surface area contributed by atoms with Crippen LogP contribution in [0.15, 0.2) is 0 Å². The standard InChI is InChI=1S/C15H32N2/c1-4-7-11-15(6-3,13-16)17-12-9-8-10-14(17)5-2/h14H,4-13,16H2,1-3H3. The molecule has 1 rings (SSSR count). The molecule has 0 radical (unpaired) electrons. The molecule has 0 saturated carbocycles. The minimum absolute atomic E-state index is 0.289. The summed E-state index contributed by atoms with van der Waals surface area (Å²) >= 11 is 0. The lowest BCUT2D eigenvalue weighted by atomic mass is 9.83. The van der Waals surface area contributed by atoms with Crippen LogP contribution in [0.25, 0.3) is 0 Å². The number of unbranched alkanes of at least 4 members (excludes halogenated alkanes) is 1. The molecule has 17 heavy (non-hydrogen) atoms. The van der Waals surface area contributed by atoms with Gasteiger partial charge in [-0.3, -0.25) is 4.90 Å². The molecule has 0 bridgehead atoms. The molecule has 1 heterocycles. The fourth-order valence-electron chi connectivity index (χ4n) is 3.44. The van der Waals surface area contributed by atoms with E-state index in [0.29, 0.717) is 0 Å². The van der Waals surface area contributed by atoms with E-state index in [-0.39, 0.29) is 5.54 Å². The van der Waals surface area contributed by atoms with Crippen LogP contribution in [0.3, 0.4) is 0 Å². The summed E-state index contributed by atoms with van der Waals surface area (Å²) in [5, 5.41) is 0. The Balaban J connectivity index is 2.78. The minimum Gasteiger partial charge on any atom is -0.329 e. The van der Waals surface area contributed by atoms with Crippen LogP contribution < -0.4 is 5.73 Å². The molecule has 1 aliphatic rings. The third-order valence-corrected chi connectivity index (χ3v) is 4.74. The molecule has 1 aliphatic heterocycles.